The number of ketones is 1. The van der Waals surface area contributed by atoms with E-state index in [4.69, 9.17) is 0 Å². The van der Waals surface area contributed by atoms with E-state index >= 15 is 0 Å². The van der Waals surface area contributed by atoms with Crippen molar-refractivity contribution in [1.29, 1.82) is 0 Å². The third-order valence-corrected chi connectivity index (χ3v) is 4.30. The number of nitrogens with one attached hydrogen (secondary N) is 4. The van der Waals surface area contributed by atoms with Crippen molar-refractivity contribution in [3.63, 3.8) is 0 Å². The van der Waals surface area contributed by atoms with E-state index in [1.807, 2.05) is 40.1 Å². The molecule has 0 aliphatic carbocycles. The lowest BCUT2D eigenvalue weighted by Gasteiger charge is -2.17. The summed E-state index contributed by atoms with van der Waals surface area (Å²) in [6.07, 6.45) is 1.72. The maximum Gasteiger partial charge on any atom is 0.250 e. The molecule has 0 saturated carbocycles. The van der Waals surface area contributed by atoms with Crippen molar-refractivity contribution in [3.05, 3.63) is 41.7 Å². The fraction of sp³-hybridized carbons (Fsp3) is 0.474. The van der Waals surface area contributed by atoms with Gasteiger partial charge in [-0.3, -0.25) is 9.59 Å². The van der Waals surface area contributed by atoms with Gasteiger partial charge in [0.2, 0.25) is 0 Å². The zero-order chi connectivity index (χ0) is 19.0. The van der Waals surface area contributed by atoms with Gasteiger partial charge < -0.3 is 21.3 Å². The highest BCUT2D eigenvalue weighted by atomic mass is 16.2. The van der Waals surface area contributed by atoms with Gasteiger partial charge in [-0.05, 0) is 58.0 Å². The average molecular weight is 346 g/mol. The molecule has 0 radical (unpaired) electrons. The Balaban J connectivity index is 0.000000271. The second kappa shape index (κ2) is 9.22. The van der Waals surface area contributed by atoms with Gasteiger partial charge in [0.05, 0.1) is 5.82 Å². The first-order chi connectivity index (χ1) is 11.8. The molecule has 0 spiro atoms. The van der Waals surface area contributed by atoms with Crippen LogP contribution in [0.15, 0.2) is 30.6 Å². The second-order valence-electron chi connectivity index (χ2n) is 6.28. The van der Waals surface area contributed by atoms with E-state index in [1.54, 1.807) is 6.92 Å². The smallest absolute Gasteiger partial charge is 0.250 e. The average Bonchev–Trinajstić information content (AvgIpc) is 2.85. The van der Waals surface area contributed by atoms with Gasteiger partial charge in [-0.15, -0.1) is 0 Å². The molecule has 1 heterocycles. The van der Waals surface area contributed by atoms with Gasteiger partial charge in [0.15, 0.2) is 5.78 Å². The fourth-order valence-corrected chi connectivity index (χ4v) is 2.47. The highest BCUT2D eigenvalue weighted by molar-refractivity contribution is 5.99. The summed E-state index contributed by atoms with van der Waals surface area (Å²) in [7, 11) is 3.75. The molecule has 1 amide bonds. The molecule has 1 fully saturated rings. The standard InChI is InChI=1S/C12H18N2O.C7H12N2O/c1-9(15)11-8-10(6-7-13-2)4-5-12(11)14-3;1-4-7(3)6(10)8-5(2)9-7/h4-5,8,13-14H,6-7H2,1-3H3;9H,2,4H2,1,3H3,(H,8,10). The number of carbonyl (C=O) groups is 2. The van der Waals surface area contributed by atoms with Crippen LogP contribution >= 0.6 is 0 Å². The number of hydrogen-bond donors (Lipinski definition) is 4. The largest absolute Gasteiger partial charge is 0.388 e. The van der Waals surface area contributed by atoms with Crippen LogP contribution in [0.4, 0.5) is 5.69 Å². The zero-order valence-electron chi connectivity index (χ0n) is 15.9. The minimum Gasteiger partial charge on any atom is -0.388 e. The van der Waals surface area contributed by atoms with Crippen LogP contribution in [0.25, 0.3) is 0 Å². The molecule has 0 bridgehead atoms. The molecule has 6 nitrogen and oxygen atoms in total. The van der Waals surface area contributed by atoms with Gasteiger partial charge in [0, 0.05) is 18.3 Å². The summed E-state index contributed by atoms with van der Waals surface area (Å²) >= 11 is 0. The first-order valence-electron chi connectivity index (χ1n) is 8.52. The molecule has 1 unspecified atom stereocenters. The molecule has 6 heteroatoms. The Labute approximate surface area is 150 Å². The van der Waals surface area contributed by atoms with Crippen molar-refractivity contribution >= 4 is 17.4 Å². The van der Waals surface area contributed by atoms with E-state index in [-0.39, 0.29) is 11.7 Å². The van der Waals surface area contributed by atoms with Crippen LogP contribution in [0.2, 0.25) is 0 Å². The number of hydrogen-bond acceptors (Lipinski definition) is 5. The van der Waals surface area contributed by atoms with E-state index in [9.17, 15) is 9.59 Å². The lowest BCUT2D eigenvalue weighted by atomic mass is 10.0. The molecular weight excluding hydrogens is 316 g/mol. The predicted octanol–water partition coefficient (Wildman–Crippen LogP) is 2.04. The van der Waals surface area contributed by atoms with Crippen molar-refractivity contribution in [3.8, 4) is 0 Å². The van der Waals surface area contributed by atoms with E-state index in [0.717, 1.165) is 30.6 Å². The number of benzene rings is 1. The number of rotatable bonds is 6. The summed E-state index contributed by atoms with van der Waals surface area (Å²) < 4.78 is 0. The molecule has 25 heavy (non-hydrogen) atoms. The topological polar surface area (TPSA) is 82.3 Å². The second-order valence-corrected chi connectivity index (χ2v) is 6.28. The molecule has 4 N–H and O–H groups in total. The molecule has 1 aromatic carbocycles. The van der Waals surface area contributed by atoms with Gasteiger partial charge in [-0.2, -0.15) is 0 Å². The molecule has 0 aromatic heterocycles. The van der Waals surface area contributed by atoms with Crippen molar-refractivity contribution in [2.24, 2.45) is 0 Å². The molecule has 2 rings (SSSR count). The van der Waals surface area contributed by atoms with Crippen LogP contribution in [0.3, 0.4) is 0 Å². The summed E-state index contributed by atoms with van der Waals surface area (Å²) in [6.45, 7) is 9.95. The molecule has 1 saturated heterocycles. The first kappa shape index (κ1) is 20.7. The van der Waals surface area contributed by atoms with Crippen LogP contribution in [-0.2, 0) is 11.2 Å². The summed E-state index contributed by atoms with van der Waals surface area (Å²) in [4.78, 5) is 22.5. The molecule has 1 atom stereocenters. The Hall–Kier alpha value is -2.34. The monoisotopic (exact) mass is 346 g/mol. The fourth-order valence-electron chi connectivity index (χ4n) is 2.47. The van der Waals surface area contributed by atoms with E-state index in [2.05, 4.69) is 33.9 Å². The number of likely N-dealkylation sites (N-methyl/N-ethyl adjacent to an activating group) is 1. The third-order valence-electron chi connectivity index (χ3n) is 4.30. The lowest BCUT2D eigenvalue weighted by Crippen LogP contribution is -2.41. The van der Waals surface area contributed by atoms with Crippen LogP contribution in [0.1, 0.15) is 43.1 Å². The van der Waals surface area contributed by atoms with Crippen LogP contribution in [-0.4, -0.2) is 37.9 Å². The molecule has 1 aliphatic rings. The number of Topliss-reactive ketones (excluding diaryl/α,β-unsaturated/α-hetero) is 1. The number of amides is 1. The molecule has 1 aromatic rings. The van der Waals surface area contributed by atoms with Crippen LogP contribution in [0, 0.1) is 0 Å². The van der Waals surface area contributed by atoms with Crippen LogP contribution < -0.4 is 21.3 Å². The maximum atomic E-state index is 11.4. The van der Waals surface area contributed by atoms with Gasteiger partial charge in [-0.25, -0.2) is 0 Å². The van der Waals surface area contributed by atoms with Crippen molar-refractivity contribution < 1.29 is 9.59 Å². The summed E-state index contributed by atoms with van der Waals surface area (Å²) in [5, 5.41) is 11.7. The molecular formula is C19H30N4O2. The van der Waals surface area contributed by atoms with E-state index < -0.39 is 5.54 Å². The zero-order valence-corrected chi connectivity index (χ0v) is 15.9. The van der Waals surface area contributed by atoms with Gasteiger partial charge in [0.1, 0.15) is 5.54 Å². The predicted molar refractivity (Wildman–Crippen MR) is 103 cm³/mol. The Kier molecular flexibility index (Phi) is 7.64. The Morgan fingerprint density at radius 2 is 2.00 bits per heavy atom. The quantitative estimate of drug-likeness (QED) is 0.593. The van der Waals surface area contributed by atoms with E-state index in [1.165, 1.54) is 5.56 Å². The van der Waals surface area contributed by atoms with Gasteiger partial charge in [0.25, 0.3) is 5.91 Å². The minimum absolute atomic E-state index is 0.0139. The normalized spacial score (nSPS) is 18.8. The molecule has 138 valence electrons. The highest BCUT2D eigenvalue weighted by Crippen LogP contribution is 2.18. The maximum absolute atomic E-state index is 11.4. The van der Waals surface area contributed by atoms with E-state index in [0.29, 0.717) is 5.82 Å². The Morgan fingerprint density at radius 3 is 2.40 bits per heavy atom. The van der Waals surface area contributed by atoms with Crippen molar-refractivity contribution in [2.45, 2.75) is 39.2 Å². The first-order valence-corrected chi connectivity index (χ1v) is 8.52. The summed E-state index contributed by atoms with van der Waals surface area (Å²) in [5.41, 5.74) is 2.42. The van der Waals surface area contributed by atoms with Gasteiger partial charge >= 0.3 is 0 Å². The third kappa shape index (κ3) is 5.60. The van der Waals surface area contributed by atoms with Crippen LogP contribution in [0.5, 0.6) is 0 Å². The lowest BCUT2D eigenvalue weighted by molar-refractivity contribution is -0.123. The highest BCUT2D eigenvalue weighted by Gasteiger charge is 2.36. The SMILES string of the molecule is C=C1NC(=O)C(C)(CC)N1.CNCCc1ccc(NC)c(C(C)=O)c1. The summed E-state index contributed by atoms with van der Waals surface area (Å²) in [5.74, 6) is 0.722. The van der Waals surface area contributed by atoms with Crippen molar-refractivity contribution in [2.75, 3.05) is 26.0 Å². The Morgan fingerprint density at radius 1 is 1.32 bits per heavy atom. The Bertz CT molecular complexity index is 642. The van der Waals surface area contributed by atoms with Crippen molar-refractivity contribution in [1.82, 2.24) is 16.0 Å². The number of carbonyl (C=O) groups excluding carboxylic acids is 2. The van der Waals surface area contributed by atoms with Gasteiger partial charge in [-0.1, -0.05) is 19.6 Å². The molecule has 1 aliphatic heterocycles. The summed E-state index contributed by atoms with van der Waals surface area (Å²) in [6, 6.07) is 5.98. The number of anilines is 1. The minimum atomic E-state index is -0.433.